The van der Waals surface area contributed by atoms with Crippen LogP contribution < -0.4 is 10.6 Å². The highest BCUT2D eigenvalue weighted by Crippen LogP contribution is 2.42. The third-order valence-electron chi connectivity index (χ3n) is 6.79. The average Bonchev–Trinajstić information content (AvgIpc) is 3.48. The van der Waals surface area contributed by atoms with Crippen molar-refractivity contribution in [1.82, 2.24) is 14.7 Å². The van der Waals surface area contributed by atoms with E-state index in [-0.39, 0.29) is 33.5 Å². The zero-order valence-corrected chi connectivity index (χ0v) is 21.6. The Bertz CT molecular complexity index is 1940. The molecule has 42 heavy (non-hydrogen) atoms. The Morgan fingerprint density at radius 3 is 2.50 bits per heavy atom. The van der Waals surface area contributed by atoms with Crippen molar-refractivity contribution in [2.45, 2.75) is 12.2 Å². The van der Waals surface area contributed by atoms with E-state index in [2.05, 4.69) is 15.6 Å². The van der Waals surface area contributed by atoms with Gasteiger partial charge in [-0.25, -0.2) is 13.8 Å². The summed E-state index contributed by atoms with van der Waals surface area (Å²) in [4.78, 5) is 30.3. The number of alkyl halides is 3. The molecule has 5 aromatic rings. The maximum Gasteiger partial charge on any atom is 0.416 e. The van der Waals surface area contributed by atoms with Gasteiger partial charge in [0.1, 0.15) is 17.3 Å². The third-order valence-corrected chi connectivity index (χ3v) is 7.13. The Morgan fingerprint density at radius 2 is 1.74 bits per heavy atom. The predicted molar refractivity (Wildman–Crippen MR) is 141 cm³/mol. The lowest BCUT2D eigenvalue weighted by Gasteiger charge is -2.19. The van der Waals surface area contributed by atoms with Crippen molar-refractivity contribution in [2.75, 3.05) is 5.32 Å². The van der Waals surface area contributed by atoms with E-state index < -0.39 is 52.7 Å². The number of imidazole rings is 1. The minimum atomic E-state index is -4.92. The van der Waals surface area contributed by atoms with Gasteiger partial charge in [-0.3, -0.25) is 14.0 Å². The number of halogens is 7. The Kier molecular flexibility index (Phi) is 6.45. The number of rotatable bonds is 4. The molecule has 0 bridgehead atoms. The van der Waals surface area contributed by atoms with Crippen molar-refractivity contribution in [1.29, 1.82) is 0 Å². The molecule has 0 saturated carbocycles. The zero-order chi connectivity index (χ0) is 29.9. The number of carbonyl (C=O) groups is 2. The fraction of sp³-hybridized carbons (Fsp3) is 0.0690. The topological polar surface area (TPSA) is 75.5 Å². The fourth-order valence-electron chi connectivity index (χ4n) is 4.87. The van der Waals surface area contributed by atoms with Gasteiger partial charge in [0.05, 0.1) is 17.8 Å². The second-order valence-electron chi connectivity index (χ2n) is 9.46. The molecule has 212 valence electrons. The van der Waals surface area contributed by atoms with E-state index in [9.17, 15) is 35.9 Å². The van der Waals surface area contributed by atoms with E-state index in [0.717, 1.165) is 22.7 Å². The lowest BCUT2D eigenvalue weighted by atomic mass is 9.93. The van der Waals surface area contributed by atoms with Gasteiger partial charge in [-0.05, 0) is 71.8 Å². The molecular weight excluding hydrogens is 586 g/mol. The summed E-state index contributed by atoms with van der Waals surface area (Å²) in [5.41, 5.74) is -0.723. The van der Waals surface area contributed by atoms with Gasteiger partial charge in [-0.1, -0.05) is 11.6 Å². The molecule has 13 heteroatoms. The average molecular weight is 601 g/mol. The lowest BCUT2D eigenvalue weighted by molar-refractivity contribution is -0.137. The van der Waals surface area contributed by atoms with Crippen LogP contribution in [-0.4, -0.2) is 21.2 Å². The Morgan fingerprint density at radius 1 is 0.952 bits per heavy atom. The molecule has 2 amide bonds. The first kappa shape index (κ1) is 27.3. The summed E-state index contributed by atoms with van der Waals surface area (Å²) < 4.78 is 83.6. The van der Waals surface area contributed by atoms with Crippen molar-refractivity contribution in [3.63, 3.8) is 0 Å². The predicted octanol–water partition coefficient (Wildman–Crippen LogP) is 7.18. The first-order chi connectivity index (χ1) is 19.9. The van der Waals surface area contributed by atoms with E-state index in [4.69, 9.17) is 11.6 Å². The maximum absolute atomic E-state index is 14.2. The highest BCUT2D eigenvalue weighted by Gasteiger charge is 2.36. The third kappa shape index (κ3) is 4.83. The van der Waals surface area contributed by atoms with Gasteiger partial charge >= 0.3 is 6.18 Å². The van der Waals surface area contributed by atoms with Crippen LogP contribution in [0.5, 0.6) is 0 Å². The minimum absolute atomic E-state index is 0.0366. The largest absolute Gasteiger partial charge is 0.416 e. The number of fused-ring (bicyclic) bond motifs is 2. The molecule has 3 aromatic carbocycles. The standard InChI is InChI=1S/C29H15ClF6N4O2/c30-21-3-2-17(31)10-19(21)26-25-20(28(42)39-26)7-14(13-1-4-24-37-11-23(33)40(24)12-13)8-22(25)38-27(41)15-5-16(29(34,35)36)9-18(32)6-15/h1-12,26H,(H,38,41)(H,39,42). The molecule has 0 saturated heterocycles. The second-order valence-corrected chi connectivity index (χ2v) is 9.87. The molecule has 0 radical (unpaired) electrons. The SMILES string of the molecule is O=C(Nc1cc(-c2ccc3ncc(F)n3c2)cc2c1C(c1cc(F)ccc1Cl)NC2=O)c1cc(F)cc(C(F)(F)F)c1. The first-order valence-electron chi connectivity index (χ1n) is 12.1. The van der Waals surface area contributed by atoms with Gasteiger partial charge in [0.15, 0.2) is 0 Å². The van der Waals surface area contributed by atoms with Crippen LogP contribution in [0, 0.1) is 17.6 Å². The van der Waals surface area contributed by atoms with Crippen molar-refractivity contribution < 1.29 is 35.9 Å². The highest BCUT2D eigenvalue weighted by molar-refractivity contribution is 6.31. The van der Waals surface area contributed by atoms with E-state index in [0.29, 0.717) is 28.9 Å². The molecule has 1 aliphatic heterocycles. The van der Waals surface area contributed by atoms with Crippen LogP contribution in [0.1, 0.15) is 43.4 Å². The number of amides is 2. The molecule has 0 aliphatic carbocycles. The quantitative estimate of drug-likeness (QED) is 0.215. The van der Waals surface area contributed by atoms with Gasteiger partial charge in [0, 0.05) is 39.2 Å². The number of aromatic nitrogens is 2. The lowest BCUT2D eigenvalue weighted by Crippen LogP contribution is -2.21. The Labute approximate surface area is 237 Å². The molecule has 0 spiro atoms. The van der Waals surface area contributed by atoms with Crippen molar-refractivity contribution in [3.05, 3.63) is 123 Å². The molecule has 0 fully saturated rings. The van der Waals surface area contributed by atoms with Crippen molar-refractivity contribution >= 4 is 34.7 Å². The first-order valence-corrected chi connectivity index (χ1v) is 12.5. The van der Waals surface area contributed by atoms with Gasteiger partial charge in [0.25, 0.3) is 11.8 Å². The molecular formula is C29H15ClF6N4O2. The molecule has 6 rings (SSSR count). The number of hydrogen-bond donors (Lipinski definition) is 2. The maximum atomic E-state index is 14.2. The number of nitrogens with zero attached hydrogens (tertiary/aromatic N) is 2. The van der Waals surface area contributed by atoms with Crippen LogP contribution in [-0.2, 0) is 6.18 Å². The van der Waals surface area contributed by atoms with Crippen molar-refractivity contribution in [2.24, 2.45) is 0 Å². The van der Waals surface area contributed by atoms with Crippen LogP contribution in [0.15, 0.2) is 73.1 Å². The van der Waals surface area contributed by atoms with Crippen LogP contribution >= 0.6 is 11.6 Å². The summed E-state index contributed by atoms with van der Waals surface area (Å²) >= 11 is 6.31. The number of nitrogens with one attached hydrogen (secondary N) is 2. The van der Waals surface area contributed by atoms with Crippen LogP contribution in [0.2, 0.25) is 5.02 Å². The summed E-state index contributed by atoms with van der Waals surface area (Å²) in [6.45, 7) is 0. The molecule has 1 atom stereocenters. The van der Waals surface area contributed by atoms with E-state index in [1.54, 1.807) is 6.07 Å². The number of carbonyl (C=O) groups excluding carboxylic acids is 2. The molecule has 6 nitrogen and oxygen atoms in total. The molecule has 2 aromatic heterocycles. The highest BCUT2D eigenvalue weighted by atomic mass is 35.5. The summed E-state index contributed by atoms with van der Waals surface area (Å²) in [5, 5.41) is 5.25. The van der Waals surface area contributed by atoms with E-state index in [1.807, 2.05) is 0 Å². The van der Waals surface area contributed by atoms with E-state index in [1.165, 1.54) is 30.5 Å². The minimum Gasteiger partial charge on any atom is -0.341 e. The summed E-state index contributed by atoms with van der Waals surface area (Å²) in [6, 6.07) is 9.79. The van der Waals surface area contributed by atoms with Gasteiger partial charge in [-0.2, -0.15) is 17.6 Å². The molecule has 2 N–H and O–H groups in total. The van der Waals surface area contributed by atoms with Gasteiger partial charge < -0.3 is 10.6 Å². The van der Waals surface area contributed by atoms with Gasteiger partial charge in [-0.15, -0.1) is 0 Å². The smallest absolute Gasteiger partial charge is 0.341 e. The second kappa shape index (κ2) is 9.91. The van der Waals surface area contributed by atoms with Crippen LogP contribution in [0.4, 0.5) is 32.0 Å². The Balaban J connectivity index is 1.52. The van der Waals surface area contributed by atoms with Crippen LogP contribution in [0.3, 0.4) is 0 Å². The van der Waals surface area contributed by atoms with Gasteiger partial charge in [0.2, 0.25) is 5.95 Å². The molecule has 1 aliphatic rings. The summed E-state index contributed by atoms with van der Waals surface area (Å²) in [5.74, 6) is -4.33. The normalized spacial score (nSPS) is 14.6. The van der Waals surface area contributed by atoms with Crippen molar-refractivity contribution in [3.8, 4) is 11.1 Å². The molecule has 1 unspecified atom stereocenters. The number of benzene rings is 3. The Hall–Kier alpha value is -4.84. The summed E-state index contributed by atoms with van der Waals surface area (Å²) in [7, 11) is 0. The molecule has 3 heterocycles. The fourth-order valence-corrected chi connectivity index (χ4v) is 5.10. The zero-order valence-electron chi connectivity index (χ0n) is 20.9. The van der Waals surface area contributed by atoms with E-state index >= 15 is 0 Å². The number of pyridine rings is 1. The van der Waals surface area contributed by atoms with Crippen LogP contribution in [0.25, 0.3) is 16.8 Å². The monoisotopic (exact) mass is 600 g/mol. The number of anilines is 1. The number of hydrogen-bond acceptors (Lipinski definition) is 3. The summed E-state index contributed by atoms with van der Waals surface area (Å²) in [6.07, 6.45) is -2.50.